The van der Waals surface area contributed by atoms with Gasteiger partial charge in [-0.3, -0.25) is 0 Å². The predicted molar refractivity (Wildman–Crippen MR) is 60.4 cm³/mol. The summed E-state index contributed by atoms with van der Waals surface area (Å²) in [6.07, 6.45) is 3.39. The predicted octanol–water partition coefficient (Wildman–Crippen LogP) is 2.80. The standard InChI is InChI=1S/C11H14BrNO/c1-14-10-7-8(3-4-9(10)12)11(13)5-2-6-11/h3-4,7H,2,5-6,13H2,1H3. The largest absolute Gasteiger partial charge is 0.496 e. The third-order valence-electron chi connectivity index (χ3n) is 2.97. The molecule has 2 rings (SSSR count). The Morgan fingerprint density at radius 1 is 1.43 bits per heavy atom. The molecule has 0 bridgehead atoms. The van der Waals surface area contributed by atoms with Crippen LogP contribution in [0.1, 0.15) is 24.8 Å². The fourth-order valence-corrected chi connectivity index (χ4v) is 2.22. The van der Waals surface area contributed by atoms with E-state index in [4.69, 9.17) is 10.5 Å². The summed E-state index contributed by atoms with van der Waals surface area (Å²) in [5.74, 6) is 0.860. The summed E-state index contributed by atoms with van der Waals surface area (Å²) in [5.41, 5.74) is 7.31. The van der Waals surface area contributed by atoms with Gasteiger partial charge in [0.15, 0.2) is 0 Å². The number of nitrogens with two attached hydrogens (primary N) is 1. The topological polar surface area (TPSA) is 35.2 Å². The van der Waals surface area contributed by atoms with Crippen LogP contribution in [0.2, 0.25) is 0 Å². The Labute approximate surface area is 92.6 Å². The molecule has 76 valence electrons. The Balaban J connectivity index is 2.35. The molecular weight excluding hydrogens is 242 g/mol. The Bertz CT molecular complexity index is 347. The van der Waals surface area contributed by atoms with E-state index >= 15 is 0 Å². The van der Waals surface area contributed by atoms with Gasteiger partial charge in [-0.15, -0.1) is 0 Å². The van der Waals surface area contributed by atoms with Gasteiger partial charge in [-0.1, -0.05) is 6.07 Å². The fourth-order valence-electron chi connectivity index (χ4n) is 1.82. The van der Waals surface area contributed by atoms with E-state index in [0.717, 1.165) is 23.1 Å². The maximum atomic E-state index is 6.23. The number of rotatable bonds is 2. The Hall–Kier alpha value is -0.540. The van der Waals surface area contributed by atoms with Crippen molar-refractivity contribution in [3.05, 3.63) is 28.2 Å². The van der Waals surface area contributed by atoms with Crippen LogP contribution in [-0.4, -0.2) is 7.11 Å². The molecule has 1 saturated carbocycles. The molecule has 2 N–H and O–H groups in total. The molecule has 1 fully saturated rings. The molecule has 1 aliphatic carbocycles. The van der Waals surface area contributed by atoms with E-state index in [2.05, 4.69) is 22.0 Å². The van der Waals surface area contributed by atoms with Crippen molar-refractivity contribution in [2.45, 2.75) is 24.8 Å². The molecule has 0 saturated heterocycles. The first-order chi connectivity index (χ1) is 6.65. The smallest absolute Gasteiger partial charge is 0.133 e. The van der Waals surface area contributed by atoms with E-state index in [-0.39, 0.29) is 5.54 Å². The summed E-state index contributed by atoms with van der Waals surface area (Å²) in [6, 6.07) is 6.11. The van der Waals surface area contributed by atoms with Gasteiger partial charge in [-0.25, -0.2) is 0 Å². The third kappa shape index (κ3) is 1.55. The van der Waals surface area contributed by atoms with E-state index in [0.29, 0.717) is 0 Å². The lowest BCUT2D eigenvalue weighted by molar-refractivity contribution is 0.252. The minimum absolute atomic E-state index is 0.103. The van der Waals surface area contributed by atoms with E-state index in [9.17, 15) is 0 Å². The summed E-state index contributed by atoms with van der Waals surface area (Å²) in [7, 11) is 1.67. The highest BCUT2D eigenvalue weighted by atomic mass is 79.9. The number of hydrogen-bond acceptors (Lipinski definition) is 2. The van der Waals surface area contributed by atoms with E-state index < -0.39 is 0 Å². The number of hydrogen-bond donors (Lipinski definition) is 1. The third-order valence-corrected chi connectivity index (χ3v) is 3.63. The molecule has 0 unspecified atom stereocenters. The molecule has 1 aromatic rings. The number of halogens is 1. The van der Waals surface area contributed by atoms with Gasteiger partial charge in [0, 0.05) is 5.54 Å². The van der Waals surface area contributed by atoms with Crippen LogP contribution in [0.3, 0.4) is 0 Å². The maximum absolute atomic E-state index is 6.23. The van der Waals surface area contributed by atoms with Gasteiger partial charge in [0.25, 0.3) is 0 Å². The molecule has 0 atom stereocenters. The Morgan fingerprint density at radius 3 is 2.64 bits per heavy atom. The average Bonchev–Trinajstić information content (AvgIpc) is 2.15. The van der Waals surface area contributed by atoms with Crippen LogP contribution < -0.4 is 10.5 Å². The molecule has 0 radical (unpaired) electrons. The van der Waals surface area contributed by atoms with E-state index in [1.165, 1.54) is 12.0 Å². The Morgan fingerprint density at radius 2 is 2.14 bits per heavy atom. The van der Waals surface area contributed by atoms with Crippen molar-refractivity contribution in [3.63, 3.8) is 0 Å². The molecule has 2 nitrogen and oxygen atoms in total. The zero-order chi connectivity index (χ0) is 10.2. The van der Waals surface area contributed by atoms with Crippen LogP contribution in [0.4, 0.5) is 0 Å². The van der Waals surface area contributed by atoms with Gasteiger partial charge in [0.05, 0.1) is 11.6 Å². The zero-order valence-electron chi connectivity index (χ0n) is 8.22. The van der Waals surface area contributed by atoms with Crippen molar-refractivity contribution in [1.29, 1.82) is 0 Å². The highest BCUT2D eigenvalue weighted by Crippen LogP contribution is 2.40. The van der Waals surface area contributed by atoms with Crippen LogP contribution in [0.5, 0.6) is 5.75 Å². The fraction of sp³-hybridized carbons (Fsp3) is 0.455. The van der Waals surface area contributed by atoms with Crippen LogP contribution in [0.25, 0.3) is 0 Å². The number of methoxy groups -OCH3 is 1. The molecular formula is C11H14BrNO. The lowest BCUT2D eigenvalue weighted by atomic mass is 9.73. The summed E-state index contributed by atoms with van der Waals surface area (Å²) < 4.78 is 6.23. The molecule has 0 aliphatic heterocycles. The van der Waals surface area contributed by atoms with Crippen LogP contribution in [-0.2, 0) is 5.54 Å². The normalized spacial score (nSPS) is 18.8. The van der Waals surface area contributed by atoms with Gasteiger partial charge >= 0.3 is 0 Å². The number of ether oxygens (including phenoxy) is 1. The molecule has 0 spiro atoms. The van der Waals surface area contributed by atoms with Gasteiger partial charge in [-0.05, 0) is 52.9 Å². The molecule has 0 amide bonds. The van der Waals surface area contributed by atoms with Crippen molar-refractivity contribution in [1.82, 2.24) is 0 Å². The zero-order valence-corrected chi connectivity index (χ0v) is 9.80. The molecule has 3 heteroatoms. The van der Waals surface area contributed by atoms with Crippen molar-refractivity contribution >= 4 is 15.9 Å². The van der Waals surface area contributed by atoms with Gasteiger partial charge in [-0.2, -0.15) is 0 Å². The van der Waals surface area contributed by atoms with Crippen LogP contribution in [0.15, 0.2) is 22.7 Å². The number of benzene rings is 1. The molecule has 14 heavy (non-hydrogen) atoms. The highest BCUT2D eigenvalue weighted by molar-refractivity contribution is 9.10. The van der Waals surface area contributed by atoms with Crippen molar-refractivity contribution in [2.75, 3.05) is 7.11 Å². The van der Waals surface area contributed by atoms with Crippen LogP contribution in [0, 0.1) is 0 Å². The second-order valence-electron chi connectivity index (χ2n) is 3.86. The second-order valence-corrected chi connectivity index (χ2v) is 4.71. The monoisotopic (exact) mass is 255 g/mol. The van der Waals surface area contributed by atoms with Gasteiger partial charge < -0.3 is 10.5 Å². The molecule has 1 aromatic carbocycles. The van der Waals surface area contributed by atoms with Crippen molar-refractivity contribution in [2.24, 2.45) is 5.73 Å². The first-order valence-electron chi connectivity index (χ1n) is 4.79. The first-order valence-corrected chi connectivity index (χ1v) is 5.58. The molecule has 0 heterocycles. The first kappa shape index (κ1) is 9.99. The van der Waals surface area contributed by atoms with Gasteiger partial charge in [0.1, 0.15) is 5.75 Å². The lowest BCUT2D eigenvalue weighted by Gasteiger charge is -2.38. The van der Waals surface area contributed by atoms with Gasteiger partial charge in [0.2, 0.25) is 0 Å². The maximum Gasteiger partial charge on any atom is 0.133 e. The molecule has 0 aromatic heterocycles. The van der Waals surface area contributed by atoms with Crippen LogP contribution >= 0.6 is 15.9 Å². The van der Waals surface area contributed by atoms with E-state index in [1.54, 1.807) is 7.11 Å². The summed E-state index contributed by atoms with van der Waals surface area (Å²) >= 11 is 3.43. The summed E-state index contributed by atoms with van der Waals surface area (Å²) in [4.78, 5) is 0. The second kappa shape index (κ2) is 3.55. The highest BCUT2D eigenvalue weighted by Gasteiger charge is 2.34. The summed E-state index contributed by atoms with van der Waals surface area (Å²) in [5, 5.41) is 0. The van der Waals surface area contributed by atoms with Crippen molar-refractivity contribution < 1.29 is 4.74 Å². The minimum atomic E-state index is -0.103. The average molecular weight is 256 g/mol. The quantitative estimate of drug-likeness (QED) is 0.883. The lowest BCUT2D eigenvalue weighted by Crippen LogP contribution is -2.43. The molecule has 1 aliphatic rings. The van der Waals surface area contributed by atoms with E-state index in [1.807, 2.05) is 12.1 Å². The SMILES string of the molecule is COc1cc(C2(N)CCC2)ccc1Br. The minimum Gasteiger partial charge on any atom is -0.496 e. The summed E-state index contributed by atoms with van der Waals surface area (Å²) in [6.45, 7) is 0. The van der Waals surface area contributed by atoms with Crippen molar-refractivity contribution in [3.8, 4) is 5.75 Å². The Kier molecular flexibility index (Phi) is 2.54.